The van der Waals surface area contributed by atoms with Crippen LogP contribution in [-0.4, -0.2) is 34.7 Å². The maximum atomic E-state index is 5.73. The molecule has 0 spiro atoms. The molecule has 0 amide bonds. The van der Waals surface area contributed by atoms with Crippen molar-refractivity contribution >= 4 is 15.9 Å². The molecule has 0 radical (unpaired) electrons. The summed E-state index contributed by atoms with van der Waals surface area (Å²) in [5.41, 5.74) is 1.28. The molecule has 20 heavy (non-hydrogen) atoms. The van der Waals surface area contributed by atoms with E-state index >= 15 is 0 Å². The van der Waals surface area contributed by atoms with Gasteiger partial charge in [-0.05, 0) is 17.7 Å². The summed E-state index contributed by atoms with van der Waals surface area (Å²) in [4.78, 5) is 6.60. The van der Waals surface area contributed by atoms with Crippen LogP contribution in [0, 0.1) is 6.92 Å². The smallest absolute Gasteiger partial charge is 0.223 e. The van der Waals surface area contributed by atoms with Crippen molar-refractivity contribution in [3.05, 3.63) is 46.0 Å². The normalized spacial score (nSPS) is 20.2. The van der Waals surface area contributed by atoms with Crippen LogP contribution in [0.4, 0.5) is 0 Å². The van der Waals surface area contributed by atoms with Crippen LogP contribution >= 0.6 is 15.9 Å². The molecule has 1 aromatic heterocycles. The Balaban J connectivity index is 1.66. The van der Waals surface area contributed by atoms with Crippen molar-refractivity contribution in [1.82, 2.24) is 15.0 Å². The van der Waals surface area contributed by atoms with E-state index in [1.165, 1.54) is 5.56 Å². The van der Waals surface area contributed by atoms with Crippen molar-refractivity contribution in [3.63, 3.8) is 0 Å². The number of aryl methyl sites for hydroxylation is 1. The van der Waals surface area contributed by atoms with Gasteiger partial charge in [-0.1, -0.05) is 33.2 Å². The lowest BCUT2D eigenvalue weighted by molar-refractivity contribution is -0.0380. The first kappa shape index (κ1) is 13.7. The van der Waals surface area contributed by atoms with E-state index in [1.807, 2.05) is 6.07 Å². The molecule has 2 aromatic rings. The summed E-state index contributed by atoms with van der Waals surface area (Å²) in [6.07, 6.45) is -0.103. The average molecular weight is 338 g/mol. The highest BCUT2D eigenvalue weighted by Crippen LogP contribution is 2.21. The molecule has 5 nitrogen and oxygen atoms in total. The molecule has 106 valence electrons. The van der Waals surface area contributed by atoms with Crippen molar-refractivity contribution in [1.29, 1.82) is 0 Å². The third kappa shape index (κ3) is 3.26. The lowest BCUT2D eigenvalue weighted by atomic mass is 10.2. The molecule has 1 aliphatic rings. The number of hydrogen-bond donors (Lipinski definition) is 0. The van der Waals surface area contributed by atoms with Crippen LogP contribution in [0.3, 0.4) is 0 Å². The van der Waals surface area contributed by atoms with Gasteiger partial charge in [0.25, 0.3) is 0 Å². The number of rotatable bonds is 3. The van der Waals surface area contributed by atoms with Crippen molar-refractivity contribution in [2.24, 2.45) is 0 Å². The van der Waals surface area contributed by atoms with Gasteiger partial charge in [0.15, 0.2) is 0 Å². The number of morpholine rings is 1. The molecule has 0 bridgehead atoms. The van der Waals surface area contributed by atoms with Crippen molar-refractivity contribution < 1.29 is 9.26 Å². The van der Waals surface area contributed by atoms with Gasteiger partial charge in [-0.2, -0.15) is 4.98 Å². The predicted molar refractivity (Wildman–Crippen MR) is 77.1 cm³/mol. The second kappa shape index (κ2) is 6.03. The molecular formula is C14H16BrN3O2. The Morgan fingerprint density at radius 3 is 3.10 bits per heavy atom. The lowest BCUT2D eigenvalue weighted by Gasteiger charge is -2.31. The van der Waals surface area contributed by atoms with Crippen molar-refractivity contribution in [3.8, 4) is 0 Å². The molecule has 1 atom stereocenters. The van der Waals surface area contributed by atoms with Crippen LogP contribution in [0.15, 0.2) is 33.3 Å². The minimum absolute atomic E-state index is 0.103. The first-order chi connectivity index (χ1) is 9.70. The van der Waals surface area contributed by atoms with Crippen LogP contribution in [0.1, 0.15) is 23.4 Å². The largest absolute Gasteiger partial charge is 0.367 e. The summed E-state index contributed by atoms with van der Waals surface area (Å²) in [6.45, 7) is 5.08. The van der Waals surface area contributed by atoms with Gasteiger partial charge in [-0.15, -0.1) is 0 Å². The zero-order valence-corrected chi connectivity index (χ0v) is 12.8. The van der Waals surface area contributed by atoms with Crippen LogP contribution in [-0.2, 0) is 11.3 Å². The highest BCUT2D eigenvalue weighted by Gasteiger charge is 2.25. The van der Waals surface area contributed by atoms with Crippen molar-refractivity contribution in [2.45, 2.75) is 19.6 Å². The van der Waals surface area contributed by atoms with Crippen molar-refractivity contribution in [2.75, 3.05) is 19.7 Å². The zero-order valence-electron chi connectivity index (χ0n) is 11.3. The average Bonchev–Trinajstić information content (AvgIpc) is 2.86. The van der Waals surface area contributed by atoms with Gasteiger partial charge in [0.05, 0.1) is 6.61 Å². The Kier molecular flexibility index (Phi) is 4.14. The van der Waals surface area contributed by atoms with Gasteiger partial charge in [0.1, 0.15) is 6.10 Å². The fraction of sp³-hybridized carbons (Fsp3) is 0.429. The Morgan fingerprint density at radius 1 is 1.45 bits per heavy atom. The third-order valence-corrected chi connectivity index (χ3v) is 3.77. The maximum Gasteiger partial charge on any atom is 0.223 e. The number of halogens is 1. The first-order valence-corrected chi connectivity index (χ1v) is 7.38. The SMILES string of the molecule is Cc1nc([C@@H]2CN(Cc3cccc(Br)c3)CCO2)no1. The topological polar surface area (TPSA) is 51.4 Å². The van der Waals surface area contributed by atoms with Crippen LogP contribution in [0.5, 0.6) is 0 Å². The Hall–Kier alpha value is -1.24. The van der Waals surface area contributed by atoms with Crippen LogP contribution in [0.25, 0.3) is 0 Å². The van der Waals surface area contributed by atoms with E-state index in [9.17, 15) is 0 Å². The predicted octanol–water partition coefficient (Wildman–Crippen LogP) is 2.71. The monoisotopic (exact) mass is 337 g/mol. The molecule has 1 fully saturated rings. The quantitative estimate of drug-likeness (QED) is 0.861. The zero-order chi connectivity index (χ0) is 13.9. The number of benzene rings is 1. The van der Waals surface area contributed by atoms with E-state index in [0.29, 0.717) is 18.3 Å². The Morgan fingerprint density at radius 2 is 2.35 bits per heavy atom. The highest BCUT2D eigenvalue weighted by molar-refractivity contribution is 9.10. The summed E-state index contributed by atoms with van der Waals surface area (Å²) in [5, 5.41) is 3.95. The Bertz CT molecular complexity index is 587. The fourth-order valence-corrected chi connectivity index (χ4v) is 2.79. The molecule has 0 N–H and O–H groups in total. The summed E-state index contributed by atoms with van der Waals surface area (Å²) < 4.78 is 11.9. The minimum Gasteiger partial charge on any atom is -0.367 e. The fourth-order valence-electron chi connectivity index (χ4n) is 2.34. The molecule has 0 unspecified atom stereocenters. The van der Waals surface area contributed by atoms with Gasteiger partial charge >= 0.3 is 0 Å². The molecule has 0 saturated carbocycles. The van der Waals surface area contributed by atoms with E-state index < -0.39 is 0 Å². The van der Waals surface area contributed by atoms with E-state index in [4.69, 9.17) is 9.26 Å². The molecule has 1 saturated heterocycles. The standard InChI is InChI=1S/C14H16BrN3O2/c1-10-16-14(17-20-10)13-9-18(5-6-19-13)8-11-3-2-4-12(15)7-11/h2-4,7,13H,5-6,8-9H2,1H3/t13-/m0/s1. The number of aromatic nitrogens is 2. The molecular weight excluding hydrogens is 322 g/mol. The summed E-state index contributed by atoms with van der Waals surface area (Å²) in [6, 6.07) is 8.37. The van der Waals surface area contributed by atoms with E-state index in [-0.39, 0.29) is 6.10 Å². The van der Waals surface area contributed by atoms with Gasteiger partial charge in [0, 0.05) is 31.0 Å². The first-order valence-electron chi connectivity index (χ1n) is 6.59. The number of hydrogen-bond acceptors (Lipinski definition) is 5. The summed E-state index contributed by atoms with van der Waals surface area (Å²) in [7, 11) is 0. The summed E-state index contributed by atoms with van der Waals surface area (Å²) in [5.74, 6) is 1.22. The van der Waals surface area contributed by atoms with Crippen LogP contribution < -0.4 is 0 Å². The number of nitrogens with zero attached hydrogens (tertiary/aromatic N) is 3. The summed E-state index contributed by atoms with van der Waals surface area (Å²) >= 11 is 3.50. The van der Waals surface area contributed by atoms with Gasteiger partial charge in [-0.3, -0.25) is 4.90 Å². The third-order valence-electron chi connectivity index (χ3n) is 3.28. The second-order valence-electron chi connectivity index (χ2n) is 4.90. The minimum atomic E-state index is -0.103. The van der Waals surface area contributed by atoms with Gasteiger partial charge in [0.2, 0.25) is 11.7 Å². The second-order valence-corrected chi connectivity index (χ2v) is 5.81. The van der Waals surface area contributed by atoms with Gasteiger partial charge < -0.3 is 9.26 Å². The van der Waals surface area contributed by atoms with E-state index in [1.54, 1.807) is 6.92 Å². The molecule has 0 aliphatic carbocycles. The lowest BCUT2D eigenvalue weighted by Crippen LogP contribution is -2.38. The van der Waals surface area contributed by atoms with E-state index in [2.05, 4.69) is 49.2 Å². The number of ether oxygens (including phenoxy) is 1. The Labute approximate surface area is 126 Å². The van der Waals surface area contributed by atoms with Crippen LogP contribution in [0.2, 0.25) is 0 Å². The molecule has 1 aliphatic heterocycles. The van der Waals surface area contributed by atoms with E-state index in [0.717, 1.165) is 24.1 Å². The molecule has 1 aromatic carbocycles. The molecule has 3 rings (SSSR count). The van der Waals surface area contributed by atoms with Gasteiger partial charge in [-0.25, -0.2) is 0 Å². The molecule has 2 heterocycles. The maximum absolute atomic E-state index is 5.73. The highest BCUT2D eigenvalue weighted by atomic mass is 79.9. The molecule has 6 heteroatoms.